The highest BCUT2D eigenvalue weighted by Gasteiger charge is 2.45. The molecule has 0 bridgehead atoms. The Morgan fingerprint density at radius 2 is 1.78 bits per heavy atom. The summed E-state index contributed by atoms with van der Waals surface area (Å²) in [7, 11) is -3.49. The van der Waals surface area contributed by atoms with Gasteiger partial charge in [0.05, 0.1) is 4.90 Å². The molecule has 8 heteroatoms. The minimum absolute atomic E-state index is 0.183. The highest BCUT2D eigenvalue weighted by molar-refractivity contribution is 7.89. The molecule has 0 aliphatic carbocycles. The monoisotopic (exact) mass is 396 g/mol. The summed E-state index contributed by atoms with van der Waals surface area (Å²) in [5.74, 6) is -1.16. The average Bonchev–Trinajstić information content (AvgIpc) is 3.04. The number of carboxylic acids is 1. The van der Waals surface area contributed by atoms with Crippen molar-refractivity contribution in [3.63, 3.8) is 0 Å². The van der Waals surface area contributed by atoms with E-state index in [9.17, 15) is 23.1 Å². The number of carbonyl (C=O) groups is 2. The lowest BCUT2D eigenvalue weighted by atomic mass is 9.98. The lowest BCUT2D eigenvalue weighted by Gasteiger charge is -2.31. The first kappa shape index (κ1) is 21.4. The van der Waals surface area contributed by atoms with Gasteiger partial charge in [-0.2, -0.15) is 4.31 Å². The summed E-state index contributed by atoms with van der Waals surface area (Å²) in [6, 6.07) is 6.55. The maximum absolute atomic E-state index is 12.5. The molecular weight excluding hydrogens is 368 g/mol. The van der Waals surface area contributed by atoms with Crippen LogP contribution in [0.25, 0.3) is 0 Å². The summed E-state index contributed by atoms with van der Waals surface area (Å²) in [6.45, 7) is 6.46. The summed E-state index contributed by atoms with van der Waals surface area (Å²) in [5, 5.41) is 9.41. The Labute approximate surface area is 161 Å². The number of carbonyl (C=O) groups excluding carboxylic acids is 1. The number of amides is 1. The number of benzene rings is 1. The van der Waals surface area contributed by atoms with E-state index in [2.05, 4.69) is 0 Å². The first-order valence-corrected chi connectivity index (χ1v) is 10.7. The number of aliphatic carboxylic acids is 1. The molecule has 1 atom stereocenters. The van der Waals surface area contributed by atoms with Crippen LogP contribution in [0.5, 0.6) is 0 Å². The topological polar surface area (TPSA) is 95.0 Å². The summed E-state index contributed by atoms with van der Waals surface area (Å²) in [6.07, 6.45) is 1.79. The molecule has 1 aromatic carbocycles. The molecule has 1 heterocycles. The normalized spacial score (nSPS) is 20.2. The lowest BCUT2D eigenvalue weighted by molar-refractivity contribution is -0.155. The van der Waals surface area contributed by atoms with Crippen molar-refractivity contribution in [2.45, 2.75) is 56.9 Å². The van der Waals surface area contributed by atoms with Gasteiger partial charge >= 0.3 is 5.97 Å². The van der Waals surface area contributed by atoms with Crippen molar-refractivity contribution < 1.29 is 23.1 Å². The zero-order valence-corrected chi connectivity index (χ0v) is 17.0. The minimum atomic E-state index is -3.49. The minimum Gasteiger partial charge on any atom is -0.480 e. The van der Waals surface area contributed by atoms with Gasteiger partial charge in [-0.25, -0.2) is 13.2 Å². The Bertz CT molecular complexity index is 787. The van der Waals surface area contributed by atoms with Crippen LogP contribution in [0.3, 0.4) is 0 Å². The van der Waals surface area contributed by atoms with Crippen molar-refractivity contribution in [2.75, 3.05) is 19.6 Å². The zero-order valence-electron chi connectivity index (χ0n) is 16.1. The van der Waals surface area contributed by atoms with Crippen LogP contribution in [0.4, 0.5) is 0 Å². The maximum Gasteiger partial charge on any atom is 0.329 e. The quantitative estimate of drug-likeness (QED) is 0.726. The van der Waals surface area contributed by atoms with Gasteiger partial charge in [-0.1, -0.05) is 26.0 Å². The van der Waals surface area contributed by atoms with Gasteiger partial charge in [0.1, 0.15) is 5.54 Å². The van der Waals surface area contributed by atoms with E-state index in [4.69, 9.17) is 0 Å². The summed E-state index contributed by atoms with van der Waals surface area (Å²) < 4.78 is 26.4. The fourth-order valence-electron chi connectivity index (χ4n) is 3.51. The van der Waals surface area contributed by atoms with Gasteiger partial charge in [0.2, 0.25) is 15.9 Å². The molecule has 1 saturated heterocycles. The van der Waals surface area contributed by atoms with E-state index in [0.717, 1.165) is 5.56 Å². The Hall–Kier alpha value is -1.93. The predicted octanol–water partition coefficient (Wildman–Crippen LogP) is 2.12. The van der Waals surface area contributed by atoms with Gasteiger partial charge < -0.3 is 10.0 Å². The number of carboxylic acid groups (broad SMARTS) is 1. The molecule has 7 nitrogen and oxygen atoms in total. The van der Waals surface area contributed by atoms with E-state index < -0.39 is 21.5 Å². The van der Waals surface area contributed by atoms with E-state index in [0.29, 0.717) is 38.9 Å². The molecule has 2 rings (SSSR count). The second-order valence-corrected chi connectivity index (χ2v) is 8.90. The zero-order chi connectivity index (χ0) is 20.2. The summed E-state index contributed by atoms with van der Waals surface area (Å²) >= 11 is 0. The Morgan fingerprint density at radius 3 is 2.30 bits per heavy atom. The predicted molar refractivity (Wildman–Crippen MR) is 102 cm³/mol. The third-order valence-corrected chi connectivity index (χ3v) is 7.36. The van der Waals surface area contributed by atoms with E-state index in [1.54, 1.807) is 45.0 Å². The van der Waals surface area contributed by atoms with E-state index in [1.807, 2.05) is 0 Å². The van der Waals surface area contributed by atoms with Crippen LogP contribution in [-0.4, -0.2) is 59.8 Å². The van der Waals surface area contributed by atoms with Gasteiger partial charge in [-0.15, -0.1) is 0 Å². The first-order chi connectivity index (χ1) is 12.7. The second-order valence-electron chi connectivity index (χ2n) is 6.96. The number of aryl methyl sites for hydroxylation is 1. The van der Waals surface area contributed by atoms with Crippen molar-refractivity contribution in [1.29, 1.82) is 0 Å². The van der Waals surface area contributed by atoms with Crippen LogP contribution in [-0.2, 0) is 26.0 Å². The number of likely N-dealkylation sites (tertiary alicyclic amines) is 1. The fourth-order valence-corrected chi connectivity index (χ4v) is 4.97. The third-order valence-electron chi connectivity index (χ3n) is 5.30. The highest BCUT2D eigenvalue weighted by Crippen LogP contribution is 2.30. The van der Waals surface area contributed by atoms with Crippen LogP contribution in [0, 0.1) is 0 Å². The van der Waals surface area contributed by atoms with Crippen LogP contribution in [0.2, 0.25) is 0 Å². The van der Waals surface area contributed by atoms with Crippen molar-refractivity contribution in [2.24, 2.45) is 0 Å². The molecule has 0 saturated carbocycles. The van der Waals surface area contributed by atoms with Crippen LogP contribution in [0.1, 0.15) is 45.6 Å². The number of rotatable bonds is 8. The van der Waals surface area contributed by atoms with Crippen LogP contribution < -0.4 is 0 Å². The Balaban J connectivity index is 2.03. The number of hydrogen-bond donors (Lipinski definition) is 1. The second kappa shape index (κ2) is 8.39. The molecule has 1 fully saturated rings. The van der Waals surface area contributed by atoms with Crippen LogP contribution in [0.15, 0.2) is 29.2 Å². The maximum atomic E-state index is 12.5. The number of nitrogens with zero attached hydrogens (tertiary/aromatic N) is 2. The van der Waals surface area contributed by atoms with Gasteiger partial charge in [-0.3, -0.25) is 4.79 Å². The molecule has 1 N–H and O–H groups in total. The van der Waals surface area contributed by atoms with Crippen molar-refractivity contribution in [1.82, 2.24) is 9.21 Å². The fraction of sp³-hybridized carbons (Fsp3) is 0.579. The van der Waals surface area contributed by atoms with E-state index in [1.165, 1.54) is 9.21 Å². The standard InChI is InChI=1S/C19H28N2O5S/c1-4-20(5-2)27(25,26)16-10-7-15(8-11-16)9-12-17(22)21-14-6-13-19(21,3)18(23)24/h7-8,10-11H,4-6,9,12-14H2,1-3H3,(H,23,24). The molecule has 1 aliphatic heterocycles. The van der Waals surface area contributed by atoms with E-state index in [-0.39, 0.29) is 17.2 Å². The molecular formula is C19H28N2O5S. The number of sulfonamides is 1. The molecule has 1 amide bonds. The van der Waals surface area contributed by atoms with Gasteiger partial charge in [-0.05, 0) is 43.9 Å². The van der Waals surface area contributed by atoms with Crippen LogP contribution >= 0.6 is 0 Å². The van der Waals surface area contributed by atoms with Crippen molar-refractivity contribution in [3.05, 3.63) is 29.8 Å². The smallest absolute Gasteiger partial charge is 0.329 e. The van der Waals surface area contributed by atoms with Crippen molar-refractivity contribution in [3.8, 4) is 0 Å². The molecule has 0 spiro atoms. The number of hydrogen-bond acceptors (Lipinski definition) is 4. The highest BCUT2D eigenvalue weighted by atomic mass is 32.2. The SMILES string of the molecule is CCN(CC)S(=O)(=O)c1ccc(CCC(=O)N2CCCC2(C)C(=O)O)cc1. The Morgan fingerprint density at radius 1 is 1.19 bits per heavy atom. The molecule has 27 heavy (non-hydrogen) atoms. The Kier molecular flexibility index (Phi) is 6.64. The molecule has 0 radical (unpaired) electrons. The van der Waals surface area contributed by atoms with E-state index >= 15 is 0 Å². The molecule has 1 unspecified atom stereocenters. The van der Waals surface area contributed by atoms with Gasteiger partial charge in [0.25, 0.3) is 0 Å². The molecule has 150 valence electrons. The van der Waals surface area contributed by atoms with Gasteiger partial charge in [0, 0.05) is 26.1 Å². The molecule has 1 aliphatic rings. The van der Waals surface area contributed by atoms with Crippen molar-refractivity contribution >= 4 is 21.9 Å². The molecule has 1 aromatic rings. The lowest BCUT2D eigenvalue weighted by Crippen LogP contribution is -2.50. The average molecular weight is 397 g/mol. The summed E-state index contributed by atoms with van der Waals surface area (Å²) in [5.41, 5.74) is -0.281. The largest absolute Gasteiger partial charge is 0.480 e. The summed E-state index contributed by atoms with van der Waals surface area (Å²) in [4.78, 5) is 25.7. The molecule has 0 aromatic heterocycles. The van der Waals surface area contributed by atoms with Gasteiger partial charge in [0.15, 0.2) is 0 Å². The first-order valence-electron chi connectivity index (χ1n) is 9.29. The third kappa shape index (κ3) is 4.32.